The molecule has 0 saturated carbocycles. The van der Waals surface area contributed by atoms with E-state index in [1.165, 1.54) is 11.8 Å². The minimum atomic E-state index is -0.403. The Hall–Kier alpha value is -1.82. The van der Waals surface area contributed by atoms with Crippen molar-refractivity contribution >= 4 is 27.3 Å². The molecule has 0 radical (unpaired) electrons. The van der Waals surface area contributed by atoms with Crippen LogP contribution < -0.4 is 5.32 Å². The van der Waals surface area contributed by atoms with Gasteiger partial charge in [0.25, 0.3) is 5.69 Å². The molecule has 0 saturated heterocycles. The van der Waals surface area contributed by atoms with E-state index in [1.807, 2.05) is 6.07 Å². The number of anilines is 1. The van der Waals surface area contributed by atoms with Gasteiger partial charge in [0, 0.05) is 30.2 Å². The fourth-order valence-corrected chi connectivity index (χ4v) is 2.55. The molecule has 0 fully saturated rings. The summed E-state index contributed by atoms with van der Waals surface area (Å²) in [6.07, 6.45) is 3.15. The van der Waals surface area contributed by atoms with Crippen LogP contribution in [0.1, 0.15) is 19.0 Å². The van der Waals surface area contributed by atoms with E-state index in [2.05, 4.69) is 45.0 Å². The zero-order chi connectivity index (χ0) is 14.5. The SMILES string of the molecule is CCCn1cccc1CNc1ccc([N+](=O)[O-])c(Br)c1. The maximum absolute atomic E-state index is 10.7. The molecule has 0 atom stereocenters. The molecule has 2 rings (SSSR count). The van der Waals surface area contributed by atoms with E-state index in [-0.39, 0.29) is 5.69 Å². The van der Waals surface area contributed by atoms with E-state index in [1.54, 1.807) is 12.1 Å². The molecule has 0 spiro atoms. The molecule has 106 valence electrons. The molecule has 0 amide bonds. The van der Waals surface area contributed by atoms with Gasteiger partial charge in [0.2, 0.25) is 0 Å². The Morgan fingerprint density at radius 3 is 2.85 bits per heavy atom. The summed E-state index contributed by atoms with van der Waals surface area (Å²) >= 11 is 3.22. The number of rotatable bonds is 6. The van der Waals surface area contributed by atoms with Crippen LogP contribution in [0.5, 0.6) is 0 Å². The van der Waals surface area contributed by atoms with Gasteiger partial charge < -0.3 is 9.88 Å². The first-order valence-corrected chi connectivity index (χ1v) is 7.23. The van der Waals surface area contributed by atoms with Crippen LogP contribution in [0.15, 0.2) is 41.0 Å². The van der Waals surface area contributed by atoms with E-state index in [0.717, 1.165) is 18.7 Å². The van der Waals surface area contributed by atoms with E-state index >= 15 is 0 Å². The monoisotopic (exact) mass is 337 g/mol. The predicted octanol–water partition coefficient (Wildman–Crippen LogP) is 4.18. The number of aromatic nitrogens is 1. The van der Waals surface area contributed by atoms with Gasteiger partial charge in [-0.2, -0.15) is 0 Å². The number of hydrogen-bond donors (Lipinski definition) is 1. The summed E-state index contributed by atoms with van der Waals surface area (Å²) in [6.45, 7) is 3.83. The summed E-state index contributed by atoms with van der Waals surface area (Å²) in [5.74, 6) is 0. The Kier molecular flexibility index (Phi) is 4.79. The summed E-state index contributed by atoms with van der Waals surface area (Å²) in [5, 5.41) is 14.0. The fourth-order valence-electron chi connectivity index (χ4n) is 2.03. The molecule has 0 unspecified atom stereocenters. The normalized spacial score (nSPS) is 10.5. The molecule has 0 bridgehead atoms. The van der Waals surface area contributed by atoms with Crippen molar-refractivity contribution in [2.24, 2.45) is 0 Å². The summed E-state index contributed by atoms with van der Waals surface area (Å²) in [6, 6.07) is 9.04. The molecule has 20 heavy (non-hydrogen) atoms. The van der Waals surface area contributed by atoms with E-state index < -0.39 is 4.92 Å². The van der Waals surface area contributed by atoms with Crippen molar-refractivity contribution in [2.45, 2.75) is 26.4 Å². The quantitative estimate of drug-likeness (QED) is 0.635. The van der Waals surface area contributed by atoms with Crippen molar-refractivity contribution in [1.29, 1.82) is 0 Å². The summed E-state index contributed by atoms with van der Waals surface area (Å²) in [7, 11) is 0. The first-order valence-electron chi connectivity index (χ1n) is 6.43. The lowest BCUT2D eigenvalue weighted by Gasteiger charge is -2.10. The number of benzene rings is 1. The smallest absolute Gasteiger partial charge is 0.283 e. The third-order valence-corrected chi connectivity index (χ3v) is 3.64. The van der Waals surface area contributed by atoms with Crippen molar-refractivity contribution < 1.29 is 4.92 Å². The standard InChI is InChI=1S/C14H16BrN3O2/c1-2-7-17-8-3-4-12(17)10-16-11-5-6-14(18(19)20)13(15)9-11/h3-6,8-9,16H,2,7,10H2,1H3. The Morgan fingerprint density at radius 2 is 2.20 bits per heavy atom. The number of hydrogen-bond acceptors (Lipinski definition) is 3. The minimum absolute atomic E-state index is 0.0740. The number of halogens is 1. The van der Waals surface area contributed by atoms with E-state index in [9.17, 15) is 10.1 Å². The van der Waals surface area contributed by atoms with Crippen LogP contribution in [-0.2, 0) is 13.1 Å². The molecular weight excluding hydrogens is 322 g/mol. The van der Waals surface area contributed by atoms with E-state index in [4.69, 9.17) is 0 Å². The molecule has 1 aromatic carbocycles. The van der Waals surface area contributed by atoms with Crippen LogP contribution in [0.2, 0.25) is 0 Å². The number of nitro groups is 1. The third kappa shape index (κ3) is 3.39. The second-order valence-electron chi connectivity index (χ2n) is 4.47. The number of nitrogens with one attached hydrogen (secondary N) is 1. The van der Waals surface area contributed by atoms with Gasteiger partial charge in [-0.25, -0.2) is 0 Å². The highest BCUT2D eigenvalue weighted by Crippen LogP contribution is 2.27. The highest BCUT2D eigenvalue weighted by atomic mass is 79.9. The van der Waals surface area contributed by atoms with Crippen molar-refractivity contribution in [3.05, 3.63) is 56.8 Å². The van der Waals surface area contributed by atoms with Gasteiger partial charge in [-0.1, -0.05) is 6.92 Å². The lowest BCUT2D eigenvalue weighted by Crippen LogP contribution is -2.07. The summed E-state index contributed by atoms with van der Waals surface area (Å²) < 4.78 is 2.68. The third-order valence-electron chi connectivity index (χ3n) is 3.01. The van der Waals surface area contributed by atoms with Gasteiger partial charge in [0.05, 0.1) is 15.9 Å². The van der Waals surface area contributed by atoms with Gasteiger partial charge in [0.1, 0.15) is 0 Å². The molecule has 0 aliphatic carbocycles. The summed E-state index contributed by atoms with van der Waals surface area (Å²) in [4.78, 5) is 10.3. The molecule has 0 aliphatic heterocycles. The van der Waals surface area contributed by atoms with Gasteiger partial charge >= 0.3 is 0 Å². The molecule has 5 nitrogen and oxygen atoms in total. The first kappa shape index (κ1) is 14.6. The van der Waals surface area contributed by atoms with Crippen LogP contribution in [0.4, 0.5) is 11.4 Å². The Bertz CT molecular complexity index is 610. The second kappa shape index (κ2) is 6.56. The Balaban J connectivity index is 2.05. The van der Waals surface area contributed by atoms with Gasteiger partial charge in [-0.05, 0) is 46.6 Å². The molecular formula is C14H16BrN3O2. The molecule has 0 aliphatic rings. The zero-order valence-electron chi connectivity index (χ0n) is 11.2. The largest absolute Gasteiger partial charge is 0.379 e. The minimum Gasteiger partial charge on any atom is -0.379 e. The van der Waals surface area contributed by atoms with Crippen LogP contribution in [0.3, 0.4) is 0 Å². The zero-order valence-corrected chi connectivity index (χ0v) is 12.8. The topological polar surface area (TPSA) is 60.1 Å². The molecule has 1 aromatic heterocycles. The number of nitro benzene ring substituents is 1. The average Bonchev–Trinajstić information content (AvgIpc) is 2.84. The van der Waals surface area contributed by atoms with Crippen molar-refractivity contribution in [2.75, 3.05) is 5.32 Å². The molecule has 2 aromatic rings. The van der Waals surface area contributed by atoms with Crippen LogP contribution in [-0.4, -0.2) is 9.49 Å². The maximum Gasteiger partial charge on any atom is 0.283 e. The summed E-state index contributed by atoms with van der Waals surface area (Å²) in [5.41, 5.74) is 2.12. The van der Waals surface area contributed by atoms with Crippen molar-refractivity contribution in [3.8, 4) is 0 Å². The lowest BCUT2D eigenvalue weighted by atomic mass is 10.3. The van der Waals surface area contributed by atoms with Gasteiger partial charge in [-0.3, -0.25) is 10.1 Å². The van der Waals surface area contributed by atoms with Crippen LogP contribution in [0.25, 0.3) is 0 Å². The van der Waals surface area contributed by atoms with Crippen LogP contribution in [0, 0.1) is 10.1 Å². The van der Waals surface area contributed by atoms with Crippen LogP contribution >= 0.6 is 15.9 Å². The van der Waals surface area contributed by atoms with Crippen molar-refractivity contribution in [3.63, 3.8) is 0 Å². The molecule has 1 heterocycles. The molecule has 1 N–H and O–H groups in total. The number of nitrogens with zero attached hydrogens (tertiary/aromatic N) is 2. The fraction of sp³-hybridized carbons (Fsp3) is 0.286. The Morgan fingerprint density at radius 1 is 1.40 bits per heavy atom. The average molecular weight is 338 g/mol. The first-order chi connectivity index (χ1) is 9.61. The lowest BCUT2D eigenvalue weighted by molar-refractivity contribution is -0.385. The Labute approximate surface area is 125 Å². The maximum atomic E-state index is 10.7. The van der Waals surface area contributed by atoms with Gasteiger partial charge in [-0.15, -0.1) is 0 Å². The number of aryl methyl sites for hydroxylation is 1. The molecule has 6 heteroatoms. The second-order valence-corrected chi connectivity index (χ2v) is 5.32. The predicted molar refractivity (Wildman–Crippen MR) is 82.8 cm³/mol. The van der Waals surface area contributed by atoms with Crippen molar-refractivity contribution in [1.82, 2.24) is 4.57 Å². The van der Waals surface area contributed by atoms with Gasteiger partial charge in [0.15, 0.2) is 0 Å². The van der Waals surface area contributed by atoms with E-state index in [0.29, 0.717) is 11.0 Å². The highest BCUT2D eigenvalue weighted by molar-refractivity contribution is 9.10. The highest BCUT2D eigenvalue weighted by Gasteiger charge is 2.11.